The van der Waals surface area contributed by atoms with Crippen molar-refractivity contribution in [2.45, 2.75) is 100 Å². The van der Waals surface area contributed by atoms with E-state index in [1.54, 1.807) is 30.3 Å². The van der Waals surface area contributed by atoms with Crippen molar-refractivity contribution in [1.82, 2.24) is 9.97 Å². The highest BCUT2D eigenvalue weighted by Gasteiger charge is 2.34. The van der Waals surface area contributed by atoms with Gasteiger partial charge in [-0.2, -0.15) is 0 Å². The van der Waals surface area contributed by atoms with Crippen LogP contribution in [0.15, 0.2) is 85.2 Å². The maximum Gasteiger partial charge on any atom is 0.339 e. The fourth-order valence-corrected chi connectivity index (χ4v) is 10.5. The van der Waals surface area contributed by atoms with E-state index in [2.05, 4.69) is 40.1 Å². The Kier molecular flexibility index (Phi) is 17.5. The van der Waals surface area contributed by atoms with Gasteiger partial charge in [0.25, 0.3) is 0 Å². The number of carbonyl (C=O) groups excluding carboxylic acids is 2. The third-order valence-electron chi connectivity index (χ3n) is 9.77. The normalized spacial score (nSPS) is 14.8. The number of hydrogen-bond acceptors (Lipinski definition) is 10. The molecule has 57 heavy (non-hydrogen) atoms. The molecule has 2 aliphatic rings. The van der Waals surface area contributed by atoms with Gasteiger partial charge in [0.15, 0.2) is 0 Å². The molecule has 12 nitrogen and oxygen atoms in total. The molecule has 2 fully saturated rings. The van der Waals surface area contributed by atoms with Crippen LogP contribution in [-0.2, 0) is 41.4 Å². The molecule has 0 atom stereocenters. The third kappa shape index (κ3) is 13.6. The SMILES string of the molecule is COC(=O)c1ccc(CBr)nc1.COC(=O)c1ccc(CN(c2cccc(C)c2)S(=O)(=O)C2CCCCC2)nc1.Cc1cccc(NS(=O)(=O)C2CCCCC2)c1. The number of aromatic nitrogens is 2. The number of sulfonamides is 2. The average molecular weight is 886 g/mol. The number of pyridine rings is 2. The van der Waals surface area contributed by atoms with E-state index in [0.29, 0.717) is 46.4 Å². The van der Waals surface area contributed by atoms with Crippen molar-refractivity contribution in [3.05, 3.63) is 119 Å². The van der Waals surface area contributed by atoms with Crippen molar-refractivity contribution in [2.75, 3.05) is 23.2 Å². The minimum absolute atomic E-state index is 0.129. The molecule has 6 rings (SSSR count). The third-order valence-corrected chi connectivity index (χ3v) is 14.5. The fourth-order valence-electron chi connectivity index (χ4n) is 6.63. The molecule has 0 radical (unpaired) electrons. The first kappa shape index (κ1) is 45.4. The minimum Gasteiger partial charge on any atom is -0.465 e. The maximum atomic E-state index is 13.4. The average Bonchev–Trinajstić information content (AvgIpc) is 3.23. The van der Waals surface area contributed by atoms with Gasteiger partial charge in [0.05, 0.1) is 59.5 Å². The standard InChI is InChI=1S/C21H26N2O4S.C13H19NO2S.C8H8BrNO2/c1-16-7-6-8-19(13-16)23(28(25,26)20-9-4-3-5-10-20)15-18-12-11-17(14-22-18)21(24)27-2;1-11-6-5-7-12(10-11)14-17(15,16)13-8-3-2-4-9-13;1-12-8(11)6-2-3-7(4-9)10-5-6/h6-8,11-14,20H,3-5,9-10,15H2,1-2H3;5-7,10,13-14H,2-4,8-9H2,1H3;2-3,5H,4H2,1H3. The Balaban J connectivity index is 0.000000210. The van der Waals surface area contributed by atoms with Crippen molar-refractivity contribution < 1.29 is 35.9 Å². The Morgan fingerprint density at radius 2 is 1.21 bits per heavy atom. The zero-order valence-corrected chi connectivity index (χ0v) is 36.2. The number of carbonyl (C=O) groups is 2. The predicted octanol–water partition coefficient (Wildman–Crippen LogP) is 8.68. The van der Waals surface area contributed by atoms with E-state index in [0.717, 1.165) is 68.2 Å². The highest BCUT2D eigenvalue weighted by Crippen LogP contribution is 2.31. The smallest absolute Gasteiger partial charge is 0.339 e. The van der Waals surface area contributed by atoms with E-state index in [1.165, 1.54) is 30.9 Å². The lowest BCUT2D eigenvalue weighted by Gasteiger charge is -2.31. The molecular formula is C42H53BrN4O8S2. The summed E-state index contributed by atoms with van der Waals surface area (Å²) in [4.78, 5) is 30.8. The number of benzene rings is 2. The summed E-state index contributed by atoms with van der Waals surface area (Å²) in [5.41, 5.74) is 5.66. The van der Waals surface area contributed by atoms with Crippen molar-refractivity contribution >= 4 is 59.3 Å². The first-order valence-electron chi connectivity index (χ1n) is 19.1. The van der Waals surface area contributed by atoms with Gasteiger partial charge in [0.2, 0.25) is 20.0 Å². The molecule has 2 aromatic heterocycles. The Morgan fingerprint density at radius 3 is 1.68 bits per heavy atom. The quantitative estimate of drug-likeness (QED) is 0.114. The number of nitrogens with one attached hydrogen (secondary N) is 1. The molecule has 1 N–H and O–H groups in total. The molecular weight excluding hydrogens is 833 g/mol. The first-order valence-corrected chi connectivity index (χ1v) is 23.2. The summed E-state index contributed by atoms with van der Waals surface area (Å²) in [6.07, 6.45) is 12.1. The highest BCUT2D eigenvalue weighted by atomic mass is 79.9. The second kappa shape index (κ2) is 22.0. The highest BCUT2D eigenvalue weighted by molar-refractivity contribution is 9.08. The van der Waals surface area contributed by atoms with Gasteiger partial charge < -0.3 is 9.47 Å². The zero-order valence-electron chi connectivity index (χ0n) is 33.0. The lowest BCUT2D eigenvalue weighted by Crippen LogP contribution is -2.39. The molecule has 2 aromatic carbocycles. The summed E-state index contributed by atoms with van der Waals surface area (Å²) in [5, 5.41) is 0.113. The van der Waals surface area contributed by atoms with Crippen molar-refractivity contribution in [3.63, 3.8) is 0 Å². The van der Waals surface area contributed by atoms with Gasteiger partial charge in [-0.25, -0.2) is 26.4 Å². The molecule has 2 aliphatic carbocycles. The molecule has 0 unspecified atom stereocenters. The number of methoxy groups -OCH3 is 2. The summed E-state index contributed by atoms with van der Waals surface area (Å²) in [7, 11) is -4.06. The number of ether oxygens (including phenoxy) is 2. The Labute approximate surface area is 346 Å². The van der Waals surface area contributed by atoms with E-state index < -0.39 is 26.0 Å². The van der Waals surface area contributed by atoms with E-state index >= 15 is 0 Å². The van der Waals surface area contributed by atoms with Gasteiger partial charge in [-0.05, 0) is 99.2 Å². The summed E-state index contributed by atoms with van der Waals surface area (Å²) >= 11 is 3.26. The fraction of sp³-hybridized carbons (Fsp3) is 0.429. The van der Waals surface area contributed by atoms with Crippen LogP contribution in [0.25, 0.3) is 0 Å². The number of rotatable bonds is 11. The van der Waals surface area contributed by atoms with E-state index in [-0.39, 0.29) is 23.0 Å². The van der Waals surface area contributed by atoms with Gasteiger partial charge in [-0.1, -0.05) is 78.7 Å². The summed E-state index contributed by atoms with van der Waals surface area (Å²) in [5.74, 6) is -0.826. The number of hydrogen-bond donors (Lipinski definition) is 1. The Morgan fingerprint density at radius 1 is 0.702 bits per heavy atom. The van der Waals surface area contributed by atoms with Crippen LogP contribution in [0.2, 0.25) is 0 Å². The number of alkyl halides is 1. The minimum atomic E-state index is -3.52. The van der Waals surface area contributed by atoms with E-state index in [1.807, 2.05) is 56.3 Å². The molecule has 0 saturated heterocycles. The second-order valence-electron chi connectivity index (χ2n) is 14.1. The van der Waals surface area contributed by atoms with Crippen molar-refractivity contribution in [3.8, 4) is 0 Å². The van der Waals surface area contributed by atoms with Crippen LogP contribution in [0.3, 0.4) is 0 Å². The molecule has 2 saturated carbocycles. The number of halogens is 1. The van der Waals surface area contributed by atoms with Crippen LogP contribution in [0.4, 0.5) is 11.4 Å². The van der Waals surface area contributed by atoms with Crippen LogP contribution >= 0.6 is 15.9 Å². The van der Waals surface area contributed by atoms with Gasteiger partial charge in [0, 0.05) is 23.4 Å². The van der Waals surface area contributed by atoms with Crippen molar-refractivity contribution in [1.29, 1.82) is 0 Å². The molecule has 0 amide bonds. The summed E-state index contributed by atoms with van der Waals surface area (Å²) in [6, 6.07) is 21.7. The zero-order chi connectivity index (χ0) is 41.4. The topological polar surface area (TPSA) is 162 Å². The molecule has 15 heteroatoms. The second-order valence-corrected chi connectivity index (χ2v) is 18.8. The van der Waals surface area contributed by atoms with Crippen LogP contribution in [0.1, 0.15) is 107 Å². The molecule has 0 bridgehead atoms. The van der Waals surface area contributed by atoms with Gasteiger partial charge >= 0.3 is 11.9 Å². The largest absolute Gasteiger partial charge is 0.465 e. The number of nitrogens with zero attached hydrogens (tertiary/aromatic N) is 3. The monoisotopic (exact) mass is 884 g/mol. The molecule has 2 heterocycles. The van der Waals surface area contributed by atoms with Crippen molar-refractivity contribution in [2.24, 2.45) is 0 Å². The molecule has 4 aromatic rings. The van der Waals surface area contributed by atoms with Crippen LogP contribution in [0, 0.1) is 13.8 Å². The maximum absolute atomic E-state index is 13.4. The van der Waals surface area contributed by atoms with E-state index in [9.17, 15) is 26.4 Å². The Hall–Kier alpha value is -4.34. The molecule has 0 aliphatic heterocycles. The number of anilines is 2. The lowest BCUT2D eigenvalue weighted by molar-refractivity contribution is 0.0591. The Bertz CT molecular complexity index is 2120. The first-order chi connectivity index (χ1) is 27.3. The number of aryl methyl sites for hydroxylation is 2. The predicted molar refractivity (Wildman–Crippen MR) is 228 cm³/mol. The lowest BCUT2D eigenvalue weighted by atomic mass is 10.0. The molecule has 0 spiro atoms. The summed E-state index contributed by atoms with van der Waals surface area (Å²) in [6.45, 7) is 4.03. The van der Waals surface area contributed by atoms with Gasteiger partial charge in [-0.15, -0.1) is 0 Å². The summed E-state index contributed by atoms with van der Waals surface area (Å²) < 4.78 is 64.6. The van der Waals surface area contributed by atoms with Crippen LogP contribution in [0.5, 0.6) is 0 Å². The molecule has 308 valence electrons. The number of esters is 2. The van der Waals surface area contributed by atoms with Crippen LogP contribution in [-0.4, -0.2) is 63.5 Å². The van der Waals surface area contributed by atoms with E-state index in [4.69, 9.17) is 0 Å². The van der Waals surface area contributed by atoms with Crippen LogP contribution < -0.4 is 9.03 Å². The van der Waals surface area contributed by atoms with Gasteiger partial charge in [0.1, 0.15) is 0 Å². The van der Waals surface area contributed by atoms with Gasteiger partial charge in [-0.3, -0.25) is 19.0 Å².